The lowest BCUT2D eigenvalue weighted by Crippen LogP contribution is -2.23. The molecule has 5 rings (SSSR count). The summed E-state index contributed by atoms with van der Waals surface area (Å²) in [5.74, 6) is -0.633. The molecule has 12 heteroatoms. The van der Waals surface area contributed by atoms with Crippen LogP contribution < -0.4 is 10.6 Å². The Bertz CT molecular complexity index is 1490. The maximum atomic E-state index is 13.9. The topological polar surface area (TPSA) is 136 Å². The summed E-state index contributed by atoms with van der Waals surface area (Å²) in [7, 11) is 0. The summed E-state index contributed by atoms with van der Waals surface area (Å²) in [5, 5.41) is 31.3. The molecule has 0 bridgehead atoms. The van der Waals surface area contributed by atoms with Crippen LogP contribution in [-0.2, 0) is 18.7 Å². The molecular weight excluding hydrogens is 556 g/mol. The van der Waals surface area contributed by atoms with E-state index in [1.165, 1.54) is 0 Å². The molecule has 1 aliphatic carbocycles. The third-order valence-electron chi connectivity index (χ3n) is 6.20. The van der Waals surface area contributed by atoms with Crippen LogP contribution in [0.4, 0.5) is 22.7 Å². The molecular formula is C28H22N2O8S2. The van der Waals surface area contributed by atoms with E-state index in [1.54, 1.807) is 48.5 Å². The summed E-state index contributed by atoms with van der Waals surface area (Å²) < 4.78 is 9.30. The molecule has 1 aliphatic rings. The standard InChI is InChI=1S/C28H22N2O8S2/c1-15-7-9-19(23(13-15)39-37-35-33)29-21-11-12-22(30-20-10-8-16(2)14-24(20)40-38-36-34)26-25(21)27(31)17-5-3-4-6-18(17)28(26)32/h3-14,29-30,33-34H,1-2H3. The highest BCUT2D eigenvalue weighted by atomic mass is 32.2. The SMILES string of the molecule is Cc1ccc(Nc2ccc(Nc3ccc(C)cc3SOOO)c3c2C(=O)c2ccccc2C3=O)c(SOOO)c1. The monoisotopic (exact) mass is 578 g/mol. The molecule has 4 aromatic carbocycles. The summed E-state index contributed by atoms with van der Waals surface area (Å²) in [6.07, 6.45) is 0. The van der Waals surface area contributed by atoms with Crippen molar-refractivity contribution in [3.63, 3.8) is 0 Å². The smallest absolute Gasteiger partial charge is 0.196 e. The Morgan fingerprint density at radius 3 is 1.40 bits per heavy atom. The highest BCUT2D eigenvalue weighted by Gasteiger charge is 2.34. The molecule has 0 saturated heterocycles. The van der Waals surface area contributed by atoms with Gasteiger partial charge < -0.3 is 10.6 Å². The lowest BCUT2D eigenvalue weighted by molar-refractivity contribution is -0.432. The highest BCUT2D eigenvalue weighted by Crippen LogP contribution is 2.41. The number of benzene rings is 4. The van der Waals surface area contributed by atoms with Gasteiger partial charge in [-0.3, -0.25) is 9.59 Å². The first-order chi connectivity index (χ1) is 19.4. The predicted molar refractivity (Wildman–Crippen MR) is 150 cm³/mol. The molecule has 0 spiro atoms. The molecule has 0 amide bonds. The van der Waals surface area contributed by atoms with Gasteiger partial charge in [0.2, 0.25) is 0 Å². The van der Waals surface area contributed by atoms with Crippen LogP contribution in [0.3, 0.4) is 0 Å². The van der Waals surface area contributed by atoms with Gasteiger partial charge in [0.1, 0.15) is 0 Å². The van der Waals surface area contributed by atoms with E-state index < -0.39 is 0 Å². The van der Waals surface area contributed by atoms with Crippen molar-refractivity contribution in [3.05, 3.63) is 106 Å². The molecule has 0 radical (unpaired) electrons. The van der Waals surface area contributed by atoms with Gasteiger partial charge in [-0.15, -0.1) is 8.67 Å². The van der Waals surface area contributed by atoms with Crippen molar-refractivity contribution in [2.24, 2.45) is 0 Å². The number of rotatable bonds is 10. The molecule has 0 aliphatic heterocycles. The molecule has 0 aromatic heterocycles. The molecule has 0 heterocycles. The fourth-order valence-electron chi connectivity index (χ4n) is 4.43. The minimum atomic E-state index is -0.317. The normalized spacial score (nSPS) is 12.2. The molecule has 0 fully saturated rings. The minimum Gasteiger partial charge on any atom is -0.354 e. The van der Waals surface area contributed by atoms with Gasteiger partial charge in [0.15, 0.2) is 11.6 Å². The van der Waals surface area contributed by atoms with Crippen LogP contribution in [0.1, 0.15) is 43.0 Å². The largest absolute Gasteiger partial charge is 0.354 e. The van der Waals surface area contributed by atoms with Gasteiger partial charge in [0.05, 0.1) is 67.8 Å². The molecule has 40 heavy (non-hydrogen) atoms. The van der Waals surface area contributed by atoms with Crippen LogP contribution >= 0.6 is 24.1 Å². The Morgan fingerprint density at radius 2 is 1.00 bits per heavy atom. The summed E-state index contributed by atoms with van der Waals surface area (Å²) in [4.78, 5) is 28.9. The van der Waals surface area contributed by atoms with Crippen LogP contribution in [0, 0.1) is 13.8 Å². The lowest BCUT2D eigenvalue weighted by Gasteiger charge is -2.24. The van der Waals surface area contributed by atoms with Crippen molar-refractivity contribution in [3.8, 4) is 0 Å². The van der Waals surface area contributed by atoms with E-state index in [1.807, 2.05) is 38.1 Å². The van der Waals surface area contributed by atoms with Gasteiger partial charge in [-0.05, 0) is 61.4 Å². The van der Waals surface area contributed by atoms with E-state index in [-0.39, 0.29) is 22.7 Å². The zero-order valence-corrected chi connectivity index (χ0v) is 22.7. The number of nitrogens with one attached hydrogen (secondary N) is 2. The van der Waals surface area contributed by atoms with Crippen LogP contribution in [0.2, 0.25) is 0 Å². The third kappa shape index (κ3) is 5.61. The Kier molecular flexibility index (Phi) is 8.49. The van der Waals surface area contributed by atoms with E-state index in [0.717, 1.165) is 35.2 Å². The Balaban J connectivity index is 1.63. The van der Waals surface area contributed by atoms with Gasteiger partial charge in [0.25, 0.3) is 0 Å². The van der Waals surface area contributed by atoms with E-state index in [0.29, 0.717) is 43.7 Å². The summed E-state index contributed by atoms with van der Waals surface area (Å²) in [5.41, 5.74) is 4.78. The highest BCUT2D eigenvalue weighted by molar-refractivity contribution is 7.95. The molecule has 0 saturated carbocycles. The van der Waals surface area contributed by atoms with Gasteiger partial charge in [-0.25, -0.2) is 10.5 Å². The zero-order valence-electron chi connectivity index (χ0n) is 21.1. The number of hydrogen-bond donors (Lipinski definition) is 4. The van der Waals surface area contributed by atoms with Crippen molar-refractivity contribution in [2.45, 2.75) is 23.6 Å². The van der Waals surface area contributed by atoms with Gasteiger partial charge in [-0.2, -0.15) is 0 Å². The number of aryl methyl sites for hydroxylation is 2. The zero-order chi connectivity index (χ0) is 28.2. The summed E-state index contributed by atoms with van der Waals surface area (Å²) in [6.45, 7) is 3.79. The number of ketones is 2. The van der Waals surface area contributed by atoms with E-state index >= 15 is 0 Å². The predicted octanol–water partition coefficient (Wildman–Crippen LogP) is 7.42. The number of fused-ring (bicyclic) bond motifs is 2. The maximum Gasteiger partial charge on any atom is 0.196 e. The van der Waals surface area contributed by atoms with Crippen molar-refractivity contribution >= 4 is 58.4 Å². The van der Waals surface area contributed by atoms with Gasteiger partial charge >= 0.3 is 0 Å². The molecule has 10 nitrogen and oxygen atoms in total. The van der Waals surface area contributed by atoms with Crippen LogP contribution in [-0.4, -0.2) is 22.1 Å². The number of carbonyl (C=O) groups excluding carboxylic acids is 2. The number of anilines is 4. The van der Waals surface area contributed by atoms with E-state index in [4.69, 9.17) is 10.5 Å². The number of hydrogen-bond acceptors (Lipinski definition) is 12. The van der Waals surface area contributed by atoms with Crippen LogP contribution in [0.5, 0.6) is 0 Å². The summed E-state index contributed by atoms with van der Waals surface area (Å²) in [6, 6.07) is 21.0. The Hall–Kier alpha value is -3.72. The third-order valence-corrected chi connectivity index (χ3v) is 7.49. The average molecular weight is 579 g/mol. The fourth-order valence-corrected chi connectivity index (χ4v) is 5.52. The average Bonchev–Trinajstić information content (AvgIpc) is 2.96. The maximum absolute atomic E-state index is 13.9. The van der Waals surface area contributed by atoms with Crippen LogP contribution in [0.25, 0.3) is 0 Å². The lowest BCUT2D eigenvalue weighted by atomic mass is 9.82. The van der Waals surface area contributed by atoms with E-state index in [2.05, 4.69) is 29.4 Å². The molecule has 4 N–H and O–H groups in total. The second kappa shape index (κ2) is 12.2. The van der Waals surface area contributed by atoms with Crippen molar-refractivity contribution in [1.29, 1.82) is 0 Å². The van der Waals surface area contributed by atoms with Crippen molar-refractivity contribution in [2.75, 3.05) is 10.6 Å². The minimum absolute atomic E-state index is 0.195. The first-order valence-electron chi connectivity index (χ1n) is 11.8. The van der Waals surface area contributed by atoms with Gasteiger partial charge in [0, 0.05) is 11.1 Å². The van der Waals surface area contributed by atoms with E-state index in [9.17, 15) is 9.59 Å². The van der Waals surface area contributed by atoms with Crippen molar-refractivity contribution in [1.82, 2.24) is 0 Å². The van der Waals surface area contributed by atoms with Crippen molar-refractivity contribution < 1.29 is 38.8 Å². The molecule has 204 valence electrons. The molecule has 0 unspecified atom stereocenters. The second-order valence-corrected chi connectivity index (χ2v) is 10.3. The number of carbonyl (C=O) groups is 2. The van der Waals surface area contributed by atoms with Crippen LogP contribution in [0.15, 0.2) is 82.6 Å². The Morgan fingerprint density at radius 1 is 0.600 bits per heavy atom. The first-order valence-corrected chi connectivity index (χ1v) is 13.3. The Labute approximate surface area is 237 Å². The quantitative estimate of drug-likeness (QED) is 0.0745. The fraction of sp³-hybridized carbons (Fsp3) is 0.0714. The second-order valence-electron chi connectivity index (χ2n) is 8.82. The molecule has 0 atom stereocenters. The first kappa shape index (κ1) is 27.8. The summed E-state index contributed by atoms with van der Waals surface area (Å²) >= 11 is 1.56. The molecule has 4 aromatic rings. The van der Waals surface area contributed by atoms with Gasteiger partial charge in [-0.1, -0.05) is 46.5 Å².